The number of nitrogens with one attached hydrogen (secondary N) is 1. The SMILES string of the molecule is CN=C(NCCCCCCCN(C)C)N1CCC(C)(C)C1.I. The van der Waals surface area contributed by atoms with Crippen LogP contribution in [0.1, 0.15) is 52.4 Å². The van der Waals surface area contributed by atoms with E-state index in [1.54, 1.807) is 0 Å². The van der Waals surface area contributed by atoms with Gasteiger partial charge in [-0.25, -0.2) is 0 Å². The van der Waals surface area contributed by atoms with Crippen LogP contribution in [-0.4, -0.2) is 63.1 Å². The van der Waals surface area contributed by atoms with Crippen LogP contribution in [0.25, 0.3) is 0 Å². The van der Waals surface area contributed by atoms with Crippen LogP contribution in [0.3, 0.4) is 0 Å². The molecular weight excluding hydrogens is 387 g/mol. The zero-order valence-electron chi connectivity index (χ0n) is 15.3. The number of nitrogens with zero attached hydrogens (tertiary/aromatic N) is 3. The molecule has 5 heteroatoms. The Kier molecular flexibility index (Phi) is 11.5. The summed E-state index contributed by atoms with van der Waals surface area (Å²) in [6.45, 7) is 9.21. The third-order valence-corrected chi connectivity index (χ3v) is 4.25. The molecule has 0 saturated carbocycles. The van der Waals surface area contributed by atoms with Crippen LogP contribution in [0, 0.1) is 5.41 Å². The van der Waals surface area contributed by atoms with Crippen molar-refractivity contribution >= 4 is 29.9 Å². The van der Waals surface area contributed by atoms with Crippen molar-refractivity contribution < 1.29 is 0 Å². The molecule has 1 saturated heterocycles. The quantitative estimate of drug-likeness (QED) is 0.280. The van der Waals surface area contributed by atoms with E-state index >= 15 is 0 Å². The largest absolute Gasteiger partial charge is 0.356 e. The van der Waals surface area contributed by atoms with Gasteiger partial charge in [0.05, 0.1) is 0 Å². The van der Waals surface area contributed by atoms with Crippen LogP contribution in [0.5, 0.6) is 0 Å². The van der Waals surface area contributed by atoms with Crippen molar-refractivity contribution in [1.29, 1.82) is 0 Å². The standard InChI is InChI=1S/C17H36N4.HI/c1-17(2)11-14-21(15-17)16(18-3)19-12-9-7-6-8-10-13-20(4)5;/h6-15H2,1-5H3,(H,18,19);1H. The van der Waals surface area contributed by atoms with Crippen LogP contribution in [0.4, 0.5) is 0 Å². The summed E-state index contributed by atoms with van der Waals surface area (Å²) in [6, 6.07) is 0. The summed E-state index contributed by atoms with van der Waals surface area (Å²) < 4.78 is 0. The molecule has 1 aliphatic heterocycles. The maximum absolute atomic E-state index is 4.43. The molecule has 0 aromatic rings. The van der Waals surface area contributed by atoms with Crippen molar-refractivity contribution in [1.82, 2.24) is 15.1 Å². The first-order valence-electron chi connectivity index (χ1n) is 8.55. The van der Waals surface area contributed by atoms with Crippen molar-refractivity contribution in [3.8, 4) is 0 Å². The maximum atomic E-state index is 4.43. The molecule has 1 N–H and O–H groups in total. The second-order valence-electron chi connectivity index (χ2n) is 7.38. The van der Waals surface area contributed by atoms with E-state index < -0.39 is 0 Å². The second-order valence-corrected chi connectivity index (χ2v) is 7.38. The molecule has 0 radical (unpaired) electrons. The highest BCUT2D eigenvalue weighted by Crippen LogP contribution is 2.28. The minimum atomic E-state index is 0. The summed E-state index contributed by atoms with van der Waals surface area (Å²) in [6.07, 6.45) is 7.86. The molecule has 4 nitrogen and oxygen atoms in total. The number of rotatable bonds is 8. The molecular formula is C17H37IN4. The smallest absolute Gasteiger partial charge is 0.193 e. The summed E-state index contributed by atoms with van der Waals surface area (Å²) in [4.78, 5) is 9.10. The number of likely N-dealkylation sites (tertiary alicyclic amines) is 1. The number of aliphatic imine (C=N–C) groups is 1. The fraction of sp³-hybridized carbons (Fsp3) is 0.941. The molecule has 0 amide bonds. The number of unbranched alkanes of at least 4 members (excludes halogenated alkanes) is 4. The van der Waals surface area contributed by atoms with Crippen LogP contribution >= 0.6 is 24.0 Å². The van der Waals surface area contributed by atoms with E-state index in [1.165, 1.54) is 45.1 Å². The van der Waals surface area contributed by atoms with Gasteiger partial charge in [0.1, 0.15) is 0 Å². The first-order chi connectivity index (χ1) is 9.94. The molecule has 1 aliphatic rings. The Morgan fingerprint density at radius 1 is 1.14 bits per heavy atom. The fourth-order valence-corrected chi connectivity index (χ4v) is 2.91. The van der Waals surface area contributed by atoms with Crippen LogP contribution in [0.2, 0.25) is 0 Å². The van der Waals surface area contributed by atoms with Gasteiger partial charge in [0, 0.05) is 26.7 Å². The monoisotopic (exact) mass is 424 g/mol. The number of hydrogen-bond donors (Lipinski definition) is 1. The van der Waals surface area contributed by atoms with E-state index in [9.17, 15) is 0 Å². The molecule has 0 aliphatic carbocycles. The van der Waals surface area contributed by atoms with Crippen molar-refractivity contribution in [3.63, 3.8) is 0 Å². The van der Waals surface area contributed by atoms with Gasteiger partial charge < -0.3 is 15.1 Å². The Morgan fingerprint density at radius 3 is 2.32 bits per heavy atom. The second kappa shape index (κ2) is 11.5. The first kappa shape index (κ1) is 22.0. The van der Waals surface area contributed by atoms with E-state index in [2.05, 4.69) is 48.1 Å². The highest BCUT2D eigenvalue weighted by molar-refractivity contribution is 14.0. The summed E-state index contributed by atoms with van der Waals surface area (Å²) in [5.74, 6) is 1.09. The third kappa shape index (κ3) is 9.18. The summed E-state index contributed by atoms with van der Waals surface area (Å²) in [5.41, 5.74) is 0.435. The van der Waals surface area contributed by atoms with Crippen LogP contribution in [0.15, 0.2) is 4.99 Å². The van der Waals surface area contributed by atoms with Gasteiger partial charge in [0.15, 0.2) is 5.96 Å². The van der Waals surface area contributed by atoms with E-state index in [0.29, 0.717) is 5.41 Å². The van der Waals surface area contributed by atoms with Gasteiger partial charge in [-0.15, -0.1) is 24.0 Å². The number of halogens is 1. The highest BCUT2D eigenvalue weighted by Gasteiger charge is 2.30. The molecule has 0 bridgehead atoms. The topological polar surface area (TPSA) is 30.9 Å². The Balaban J connectivity index is 0.00000441. The molecule has 0 atom stereocenters. The predicted molar refractivity (Wildman–Crippen MR) is 108 cm³/mol. The van der Waals surface area contributed by atoms with E-state index in [1.807, 2.05) is 7.05 Å². The highest BCUT2D eigenvalue weighted by atomic mass is 127. The summed E-state index contributed by atoms with van der Waals surface area (Å²) >= 11 is 0. The van der Waals surface area contributed by atoms with Crippen LogP contribution in [-0.2, 0) is 0 Å². The lowest BCUT2D eigenvalue weighted by atomic mass is 9.93. The number of hydrogen-bond acceptors (Lipinski definition) is 2. The lowest BCUT2D eigenvalue weighted by molar-refractivity contribution is 0.369. The zero-order valence-corrected chi connectivity index (χ0v) is 17.7. The van der Waals surface area contributed by atoms with Crippen molar-refractivity contribution in [2.24, 2.45) is 10.4 Å². The van der Waals surface area contributed by atoms with E-state index in [-0.39, 0.29) is 24.0 Å². The van der Waals surface area contributed by atoms with Crippen LogP contribution < -0.4 is 5.32 Å². The average Bonchev–Trinajstić information content (AvgIpc) is 2.77. The van der Waals surface area contributed by atoms with Gasteiger partial charge in [-0.05, 0) is 45.3 Å². The summed E-state index contributed by atoms with van der Waals surface area (Å²) in [7, 11) is 6.19. The Bertz CT molecular complexity index is 316. The van der Waals surface area contributed by atoms with E-state index in [4.69, 9.17) is 0 Å². The van der Waals surface area contributed by atoms with Gasteiger partial charge >= 0.3 is 0 Å². The molecule has 22 heavy (non-hydrogen) atoms. The Labute approximate surface area is 155 Å². The van der Waals surface area contributed by atoms with E-state index in [0.717, 1.165) is 25.6 Å². The lowest BCUT2D eigenvalue weighted by Gasteiger charge is -2.23. The summed E-state index contributed by atoms with van der Waals surface area (Å²) in [5, 5.41) is 3.53. The molecule has 0 aromatic carbocycles. The molecule has 0 aromatic heterocycles. The molecule has 1 heterocycles. The Morgan fingerprint density at radius 2 is 1.77 bits per heavy atom. The number of guanidine groups is 1. The predicted octanol–water partition coefficient (Wildman–Crippen LogP) is 3.42. The Hall–Kier alpha value is -0.0400. The molecule has 0 spiro atoms. The zero-order chi connectivity index (χ0) is 15.7. The molecule has 0 unspecified atom stereocenters. The van der Waals surface area contributed by atoms with Gasteiger partial charge in [0.2, 0.25) is 0 Å². The van der Waals surface area contributed by atoms with Crippen molar-refractivity contribution in [2.75, 3.05) is 47.3 Å². The van der Waals surface area contributed by atoms with Gasteiger partial charge in [0.25, 0.3) is 0 Å². The van der Waals surface area contributed by atoms with Gasteiger partial charge in [-0.2, -0.15) is 0 Å². The lowest BCUT2D eigenvalue weighted by Crippen LogP contribution is -2.41. The van der Waals surface area contributed by atoms with Crippen molar-refractivity contribution in [2.45, 2.75) is 52.4 Å². The maximum Gasteiger partial charge on any atom is 0.193 e. The first-order valence-corrected chi connectivity index (χ1v) is 8.55. The fourth-order valence-electron chi connectivity index (χ4n) is 2.91. The molecule has 1 fully saturated rings. The van der Waals surface area contributed by atoms with Gasteiger partial charge in [-0.1, -0.05) is 33.1 Å². The van der Waals surface area contributed by atoms with Gasteiger partial charge in [-0.3, -0.25) is 4.99 Å². The normalized spacial score (nSPS) is 17.7. The van der Waals surface area contributed by atoms with Crippen molar-refractivity contribution in [3.05, 3.63) is 0 Å². The third-order valence-electron chi connectivity index (χ3n) is 4.25. The minimum Gasteiger partial charge on any atom is -0.356 e. The minimum absolute atomic E-state index is 0. The average molecular weight is 424 g/mol. The molecule has 132 valence electrons. The molecule has 1 rings (SSSR count).